The maximum atomic E-state index is 3.83. The summed E-state index contributed by atoms with van der Waals surface area (Å²) in [6.45, 7) is 14.8. The van der Waals surface area contributed by atoms with E-state index in [-0.39, 0.29) is 0 Å². The predicted molar refractivity (Wildman–Crippen MR) is 88.0 cm³/mol. The van der Waals surface area contributed by atoms with Crippen LogP contribution < -0.4 is 5.32 Å². The molecule has 0 aromatic heterocycles. The molecule has 0 radical (unpaired) electrons. The Bertz CT molecular complexity index is 267. The van der Waals surface area contributed by atoms with E-state index in [4.69, 9.17) is 0 Å². The number of nitrogens with one attached hydrogen (secondary N) is 1. The lowest BCUT2D eigenvalue weighted by atomic mass is 9.78. The molecule has 20 heavy (non-hydrogen) atoms. The summed E-state index contributed by atoms with van der Waals surface area (Å²) in [5.74, 6) is 3.59. The highest BCUT2D eigenvalue weighted by Gasteiger charge is 2.31. The van der Waals surface area contributed by atoms with Crippen molar-refractivity contribution < 1.29 is 0 Å². The minimum absolute atomic E-state index is 0.777. The topological polar surface area (TPSA) is 15.3 Å². The van der Waals surface area contributed by atoms with Crippen molar-refractivity contribution >= 4 is 0 Å². The van der Waals surface area contributed by atoms with Crippen LogP contribution in [-0.4, -0.2) is 37.1 Å². The Morgan fingerprint density at radius 3 is 2.30 bits per heavy atom. The second-order valence-electron chi connectivity index (χ2n) is 7.90. The zero-order valence-corrected chi connectivity index (χ0v) is 14.2. The molecule has 118 valence electrons. The summed E-state index contributed by atoms with van der Waals surface area (Å²) in [7, 11) is 0. The highest BCUT2D eigenvalue weighted by Crippen LogP contribution is 2.31. The third-order valence-corrected chi connectivity index (χ3v) is 5.34. The Morgan fingerprint density at radius 2 is 1.65 bits per heavy atom. The fourth-order valence-corrected chi connectivity index (χ4v) is 4.57. The van der Waals surface area contributed by atoms with Gasteiger partial charge in [0.2, 0.25) is 0 Å². The molecule has 0 aromatic rings. The van der Waals surface area contributed by atoms with Crippen molar-refractivity contribution in [1.82, 2.24) is 10.2 Å². The second kappa shape index (κ2) is 7.79. The molecule has 2 heteroatoms. The number of hydrogen-bond donors (Lipinski definition) is 1. The van der Waals surface area contributed by atoms with Gasteiger partial charge in [-0.3, -0.25) is 0 Å². The van der Waals surface area contributed by atoms with Crippen molar-refractivity contribution in [3.63, 3.8) is 0 Å². The fourth-order valence-electron chi connectivity index (χ4n) is 4.57. The first-order valence-corrected chi connectivity index (χ1v) is 9.04. The van der Waals surface area contributed by atoms with Gasteiger partial charge in [-0.2, -0.15) is 0 Å². The van der Waals surface area contributed by atoms with Crippen LogP contribution in [0.3, 0.4) is 0 Å². The van der Waals surface area contributed by atoms with Crippen molar-refractivity contribution in [2.45, 2.75) is 65.8 Å². The quantitative estimate of drug-likeness (QED) is 0.824. The number of nitrogens with zero attached hydrogens (tertiary/aromatic N) is 1. The Hall–Kier alpha value is -0.0800. The first-order valence-electron chi connectivity index (χ1n) is 9.04. The van der Waals surface area contributed by atoms with Crippen LogP contribution in [0.25, 0.3) is 0 Å². The van der Waals surface area contributed by atoms with Gasteiger partial charge in [0.15, 0.2) is 0 Å². The number of likely N-dealkylation sites (tertiary alicyclic amines) is 1. The Morgan fingerprint density at radius 1 is 0.950 bits per heavy atom. The van der Waals surface area contributed by atoms with Gasteiger partial charge >= 0.3 is 0 Å². The summed E-state index contributed by atoms with van der Waals surface area (Å²) in [6.07, 6.45) is 6.93. The van der Waals surface area contributed by atoms with Crippen molar-refractivity contribution in [2.75, 3.05) is 26.2 Å². The monoisotopic (exact) mass is 280 g/mol. The van der Waals surface area contributed by atoms with Crippen LogP contribution in [0.2, 0.25) is 0 Å². The minimum Gasteiger partial charge on any atom is -0.314 e. The molecule has 0 spiro atoms. The summed E-state index contributed by atoms with van der Waals surface area (Å²) in [4.78, 5) is 2.77. The first kappa shape index (κ1) is 16.3. The Kier molecular flexibility index (Phi) is 6.35. The van der Waals surface area contributed by atoms with E-state index in [0.717, 1.165) is 29.7 Å². The molecule has 0 aromatic carbocycles. The molecule has 1 saturated carbocycles. The Labute approximate surface area is 126 Å². The molecule has 1 aliphatic heterocycles. The summed E-state index contributed by atoms with van der Waals surface area (Å²) < 4.78 is 0. The van der Waals surface area contributed by atoms with Gasteiger partial charge in [0.1, 0.15) is 0 Å². The van der Waals surface area contributed by atoms with E-state index in [1.807, 2.05) is 0 Å². The maximum Gasteiger partial charge on any atom is 0.0108 e. The maximum absolute atomic E-state index is 3.83. The highest BCUT2D eigenvalue weighted by molar-refractivity contribution is 4.87. The summed E-state index contributed by atoms with van der Waals surface area (Å²) in [5.41, 5.74) is 0. The molecule has 1 N–H and O–H groups in total. The van der Waals surface area contributed by atoms with E-state index < -0.39 is 0 Å². The largest absolute Gasteiger partial charge is 0.314 e. The second-order valence-corrected chi connectivity index (χ2v) is 7.90. The fraction of sp³-hybridized carbons (Fsp3) is 1.00. The van der Waals surface area contributed by atoms with Crippen LogP contribution in [0.15, 0.2) is 0 Å². The van der Waals surface area contributed by atoms with E-state index in [1.165, 1.54) is 58.3 Å². The molecular weight excluding hydrogens is 244 g/mol. The van der Waals surface area contributed by atoms with Gasteiger partial charge in [-0.1, -0.05) is 27.7 Å². The third kappa shape index (κ3) is 4.73. The Balaban J connectivity index is 1.89. The summed E-state index contributed by atoms with van der Waals surface area (Å²) in [5, 5.41) is 3.83. The van der Waals surface area contributed by atoms with Gasteiger partial charge in [0, 0.05) is 25.7 Å². The van der Waals surface area contributed by atoms with Gasteiger partial charge in [0.25, 0.3) is 0 Å². The standard InChI is InChI=1S/C18H36N2/c1-5-8-19-18-7-6-14(2)10-17(18)13-20-11-15(3)9-16(4)12-20/h14-19H,5-13H2,1-4H3. The van der Waals surface area contributed by atoms with Gasteiger partial charge in [-0.15, -0.1) is 0 Å². The van der Waals surface area contributed by atoms with Crippen molar-refractivity contribution in [3.05, 3.63) is 0 Å². The van der Waals surface area contributed by atoms with Gasteiger partial charge in [-0.25, -0.2) is 0 Å². The summed E-state index contributed by atoms with van der Waals surface area (Å²) in [6, 6.07) is 0.777. The molecule has 2 nitrogen and oxygen atoms in total. The molecule has 1 aliphatic carbocycles. The van der Waals surface area contributed by atoms with Crippen LogP contribution in [0.5, 0.6) is 0 Å². The highest BCUT2D eigenvalue weighted by atomic mass is 15.1. The lowest BCUT2D eigenvalue weighted by molar-refractivity contribution is 0.0898. The molecule has 2 rings (SSSR count). The van der Waals surface area contributed by atoms with Crippen LogP contribution in [0, 0.1) is 23.7 Å². The molecule has 5 unspecified atom stereocenters. The van der Waals surface area contributed by atoms with Crippen LogP contribution >= 0.6 is 0 Å². The molecule has 5 atom stereocenters. The van der Waals surface area contributed by atoms with Crippen LogP contribution in [0.1, 0.15) is 59.8 Å². The molecule has 2 aliphatic rings. The molecule has 1 heterocycles. The molecular formula is C18H36N2. The number of rotatable bonds is 5. The van der Waals surface area contributed by atoms with E-state index >= 15 is 0 Å². The molecule has 0 amide bonds. The zero-order valence-electron chi connectivity index (χ0n) is 14.2. The van der Waals surface area contributed by atoms with Gasteiger partial charge < -0.3 is 10.2 Å². The lowest BCUT2D eigenvalue weighted by Gasteiger charge is -2.42. The minimum atomic E-state index is 0.777. The predicted octanol–water partition coefficient (Wildman–Crippen LogP) is 3.77. The van der Waals surface area contributed by atoms with E-state index in [2.05, 4.69) is 37.9 Å². The zero-order chi connectivity index (χ0) is 14.5. The molecule has 2 fully saturated rings. The smallest absolute Gasteiger partial charge is 0.0108 e. The number of piperidine rings is 1. The van der Waals surface area contributed by atoms with Crippen LogP contribution in [0.4, 0.5) is 0 Å². The van der Waals surface area contributed by atoms with Crippen molar-refractivity contribution in [1.29, 1.82) is 0 Å². The van der Waals surface area contributed by atoms with E-state index in [1.54, 1.807) is 0 Å². The first-order chi connectivity index (χ1) is 9.58. The molecule has 1 saturated heterocycles. The van der Waals surface area contributed by atoms with Crippen molar-refractivity contribution in [2.24, 2.45) is 23.7 Å². The third-order valence-electron chi connectivity index (χ3n) is 5.34. The van der Waals surface area contributed by atoms with Gasteiger partial charge in [-0.05, 0) is 62.3 Å². The van der Waals surface area contributed by atoms with Gasteiger partial charge in [0.05, 0.1) is 0 Å². The molecule has 0 bridgehead atoms. The van der Waals surface area contributed by atoms with E-state index in [9.17, 15) is 0 Å². The SMILES string of the molecule is CCCNC1CCC(C)CC1CN1CC(C)CC(C)C1. The van der Waals surface area contributed by atoms with E-state index in [0.29, 0.717) is 0 Å². The lowest BCUT2D eigenvalue weighted by Crippen LogP contribution is -2.48. The number of hydrogen-bond acceptors (Lipinski definition) is 2. The normalized spacial score (nSPS) is 39.9. The van der Waals surface area contributed by atoms with Crippen molar-refractivity contribution in [3.8, 4) is 0 Å². The average Bonchev–Trinajstić information content (AvgIpc) is 2.36. The average molecular weight is 280 g/mol. The van der Waals surface area contributed by atoms with Crippen LogP contribution in [-0.2, 0) is 0 Å². The summed E-state index contributed by atoms with van der Waals surface area (Å²) >= 11 is 0.